The van der Waals surface area contributed by atoms with Crippen LogP contribution in [0.15, 0.2) is 84.9 Å². The molecule has 0 radical (unpaired) electrons. The van der Waals surface area contributed by atoms with E-state index in [-0.39, 0.29) is 16.7 Å². The molecule has 200 valence electrons. The summed E-state index contributed by atoms with van der Waals surface area (Å²) in [6, 6.07) is 22.9. The standard InChI is InChI=1S/C32H24ClNO6/c1-18-4-5-19(2)28(16-18)40-25-13-11-24(12-14-25)34-30(36)26-15-8-22(17-27(26)31(34)37)32(38)39-20(3)29(35)21-6-9-23(33)10-7-21/h4-17,20H,1-3H3. The Morgan fingerprint density at radius 3 is 2.12 bits per heavy atom. The summed E-state index contributed by atoms with van der Waals surface area (Å²) in [6.45, 7) is 5.39. The van der Waals surface area contributed by atoms with Crippen molar-refractivity contribution < 1.29 is 28.7 Å². The van der Waals surface area contributed by atoms with Crippen molar-refractivity contribution in [1.29, 1.82) is 0 Å². The summed E-state index contributed by atoms with van der Waals surface area (Å²) in [5.41, 5.74) is 3.05. The number of ether oxygens (including phenoxy) is 2. The molecule has 0 N–H and O–H groups in total. The third-order valence-electron chi connectivity index (χ3n) is 6.57. The Morgan fingerprint density at radius 1 is 0.775 bits per heavy atom. The summed E-state index contributed by atoms with van der Waals surface area (Å²) in [5, 5.41) is 0.481. The molecule has 8 heteroatoms. The maximum absolute atomic E-state index is 13.2. The van der Waals surface area contributed by atoms with Gasteiger partial charge in [0, 0.05) is 10.6 Å². The van der Waals surface area contributed by atoms with Gasteiger partial charge in [0.2, 0.25) is 5.78 Å². The number of amides is 2. The first-order valence-corrected chi connectivity index (χ1v) is 12.9. The highest BCUT2D eigenvalue weighted by molar-refractivity contribution is 6.34. The Bertz CT molecular complexity index is 1660. The normalized spacial score (nSPS) is 13.2. The third-order valence-corrected chi connectivity index (χ3v) is 6.82. The minimum absolute atomic E-state index is 0.0507. The molecule has 0 spiro atoms. The number of anilines is 1. The van der Waals surface area contributed by atoms with Gasteiger partial charge in [-0.1, -0.05) is 23.7 Å². The first-order valence-electron chi connectivity index (χ1n) is 12.5. The summed E-state index contributed by atoms with van der Waals surface area (Å²) >= 11 is 5.87. The lowest BCUT2D eigenvalue weighted by molar-refractivity contribution is 0.0318. The number of carbonyl (C=O) groups excluding carboxylic acids is 4. The lowest BCUT2D eigenvalue weighted by Crippen LogP contribution is -2.29. The highest BCUT2D eigenvalue weighted by Crippen LogP contribution is 2.32. The van der Waals surface area contributed by atoms with Crippen molar-refractivity contribution in [2.24, 2.45) is 0 Å². The number of halogens is 1. The van der Waals surface area contributed by atoms with Crippen LogP contribution in [-0.4, -0.2) is 29.7 Å². The molecule has 4 aromatic carbocycles. The number of benzene rings is 4. The monoisotopic (exact) mass is 553 g/mol. The van der Waals surface area contributed by atoms with Gasteiger partial charge in [0.25, 0.3) is 11.8 Å². The molecule has 0 saturated carbocycles. The number of rotatable bonds is 7. The fourth-order valence-corrected chi connectivity index (χ4v) is 4.47. The molecule has 7 nitrogen and oxygen atoms in total. The van der Waals surface area contributed by atoms with Crippen LogP contribution in [0.2, 0.25) is 5.02 Å². The molecular weight excluding hydrogens is 530 g/mol. The Morgan fingerprint density at radius 2 is 1.43 bits per heavy atom. The van der Waals surface area contributed by atoms with Gasteiger partial charge in [-0.2, -0.15) is 0 Å². The van der Waals surface area contributed by atoms with Crippen LogP contribution in [0.5, 0.6) is 11.5 Å². The lowest BCUT2D eigenvalue weighted by Gasteiger charge is -2.15. The highest BCUT2D eigenvalue weighted by Gasteiger charge is 2.37. The number of Topliss-reactive ketones (excluding diaryl/α,β-unsaturated/α-hetero) is 1. The zero-order valence-electron chi connectivity index (χ0n) is 21.9. The number of aryl methyl sites for hydroxylation is 2. The van der Waals surface area contributed by atoms with Crippen LogP contribution in [-0.2, 0) is 4.74 Å². The molecular formula is C32H24ClNO6. The van der Waals surface area contributed by atoms with E-state index in [0.29, 0.717) is 22.0 Å². The molecule has 1 aliphatic rings. The quantitative estimate of drug-likeness (QED) is 0.139. The fourth-order valence-electron chi connectivity index (χ4n) is 4.34. The number of hydrogen-bond donors (Lipinski definition) is 0. The molecule has 1 heterocycles. The van der Waals surface area contributed by atoms with Crippen LogP contribution < -0.4 is 9.64 Å². The van der Waals surface area contributed by atoms with Gasteiger partial charge in [-0.05, 0) is 105 Å². The Labute approximate surface area is 235 Å². The van der Waals surface area contributed by atoms with E-state index in [1.807, 2.05) is 32.0 Å². The van der Waals surface area contributed by atoms with Crippen LogP contribution in [0.3, 0.4) is 0 Å². The molecule has 1 aliphatic heterocycles. The van der Waals surface area contributed by atoms with Crippen LogP contribution in [0.4, 0.5) is 5.69 Å². The van der Waals surface area contributed by atoms with Crippen molar-refractivity contribution in [2.45, 2.75) is 26.9 Å². The molecule has 2 amide bonds. The van der Waals surface area contributed by atoms with Gasteiger partial charge < -0.3 is 9.47 Å². The zero-order chi connectivity index (χ0) is 28.6. The number of carbonyl (C=O) groups is 4. The van der Waals surface area contributed by atoms with Crippen molar-refractivity contribution in [3.05, 3.63) is 123 Å². The minimum atomic E-state index is -1.07. The van der Waals surface area contributed by atoms with Crippen LogP contribution in [0.1, 0.15) is 59.5 Å². The number of fused-ring (bicyclic) bond motifs is 1. The lowest BCUT2D eigenvalue weighted by atomic mass is 10.1. The van der Waals surface area contributed by atoms with Crippen LogP contribution in [0, 0.1) is 13.8 Å². The van der Waals surface area contributed by atoms with Crippen molar-refractivity contribution in [3.8, 4) is 11.5 Å². The summed E-state index contributed by atoms with van der Waals surface area (Å²) in [5.74, 6) is -0.978. The second-order valence-electron chi connectivity index (χ2n) is 9.49. The topological polar surface area (TPSA) is 90.0 Å². The van der Waals surface area contributed by atoms with Crippen molar-refractivity contribution in [2.75, 3.05) is 4.90 Å². The Balaban J connectivity index is 1.30. The van der Waals surface area contributed by atoms with Crippen LogP contribution in [0.25, 0.3) is 0 Å². The highest BCUT2D eigenvalue weighted by atomic mass is 35.5. The SMILES string of the molecule is Cc1ccc(C)c(Oc2ccc(N3C(=O)c4ccc(C(=O)OC(C)C(=O)c5ccc(Cl)cc5)cc4C3=O)cc2)c1. The van der Waals surface area contributed by atoms with Gasteiger partial charge in [-0.15, -0.1) is 0 Å². The predicted molar refractivity (Wildman–Crippen MR) is 151 cm³/mol. The summed E-state index contributed by atoms with van der Waals surface area (Å²) < 4.78 is 11.3. The van der Waals surface area contributed by atoms with Gasteiger partial charge >= 0.3 is 5.97 Å². The molecule has 0 aliphatic carbocycles. The molecule has 1 atom stereocenters. The van der Waals surface area contributed by atoms with E-state index < -0.39 is 29.7 Å². The smallest absolute Gasteiger partial charge is 0.338 e. The van der Waals surface area contributed by atoms with E-state index in [9.17, 15) is 19.2 Å². The number of esters is 1. The van der Waals surface area contributed by atoms with E-state index >= 15 is 0 Å². The van der Waals surface area contributed by atoms with E-state index in [4.69, 9.17) is 21.1 Å². The average Bonchev–Trinajstić information content (AvgIpc) is 3.20. The zero-order valence-corrected chi connectivity index (χ0v) is 22.7. The van der Waals surface area contributed by atoms with Crippen molar-refractivity contribution in [1.82, 2.24) is 0 Å². The van der Waals surface area contributed by atoms with Gasteiger partial charge in [0.15, 0.2) is 6.10 Å². The largest absolute Gasteiger partial charge is 0.457 e. The minimum Gasteiger partial charge on any atom is -0.457 e. The van der Waals surface area contributed by atoms with Crippen molar-refractivity contribution >= 4 is 40.9 Å². The maximum Gasteiger partial charge on any atom is 0.338 e. The third kappa shape index (κ3) is 5.24. The molecule has 40 heavy (non-hydrogen) atoms. The molecule has 0 aromatic heterocycles. The summed E-state index contributed by atoms with van der Waals surface area (Å²) in [7, 11) is 0. The second kappa shape index (κ2) is 10.8. The molecule has 0 bridgehead atoms. The first-order chi connectivity index (χ1) is 19.1. The van der Waals surface area contributed by atoms with Gasteiger partial charge in [-0.25, -0.2) is 9.69 Å². The molecule has 0 saturated heterocycles. The van der Waals surface area contributed by atoms with Crippen molar-refractivity contribution in [3.63, 3.8) is 0 Å². The summed E-state index contributed by atoms with van der Waals surface area (Å²) in [4.78, 5) is 52.8. The van der Waals surface area contributed by atoms with Gasteiger partial charge in [0.05, 0.1) is 22.4 Å². The first kappa shape index (κ1) is 26.8. The second-order valence-corrected chi connectivity index (χ2v) is 9.93. The summed E-state index contributed by atoms with van der Waals surface area (Å²) in [6.07, 6.45) is -1.07. The van der Waals surface area contributed by atoms with E-state index in [1.54, 1.807) is 48.5 Å². The number of imide groups is 1. The molecule has 5 rings (SSSR count). The predicted octanol–water partition coefficient (Wildman–Crippen LogP) is 6.98. The molecule has 1 unspecified atom stereocenters. The Hall–Kier alpha value is -4.75. The number of nitrogens with zero attached hydrogens (tertiary/aromatic N) is 1. The van der Waals surface area contributed by atoms with Crippen LogP contribution >= 0.6 is 11.6 Å². The van der Waals surface area contributed by atoms with Gasteiger partial charge in [-0.3, -0.25) is 14.4 Å². The molecule has 0 fully saturated rings. The maximum atomic E-state index is 13.2. The van der Waals surface area contributed by atoms with E-state index in [1.165, 1.54) is 25.1 Å². The Kier molecular flexibility index (Phi) is 7.24. The fraction of sp³-hybridized carbons (Fsp3) is 0.125. The number of ketones is 1. The molecule has 4 aromatic rings. The van der Waals surface area contributed by atoms with E-state index in [2.05, 4.69) is 0 Å². The number of hydrogen-bond acceptors (Lipinski definition) is 6. The van der Waals surface area contributed by atoms with E-state index in [0.717, 1.165) is 21.8 Å². The van der Waals surface area contributed by atoms with Gasteiger partial charge in [0.1, 0.15) is 11.5 Å². The average molecular weight is 554 g/mol.